The molecule has 192 valence electrons. The van der Waals surface area contributed by atoms with Gasteiger partial charge in [-0.3, -0.25) is 0 Å². The van der Waals surface area contributed by atoms with Crippen molar-refractivity contribution in [2.24, 2.45) is 0 Å². The van der Waals surface area contributed by atoms with Crippen molar-refractivity contribution in [3.8, 4) is 5.75 Å². The van der Waals surface area contributed by atoms with Crippen LogP contribution in [0.2, 0.25) is 0 Å². The zero-order valence-electron chi connectivity index (χ0n) is 22.9. The van der Waals surface area contributed by atoms with E-state index in [9.17, 15) is 0 Å². The van der Waals surface area contributed by atoms with Crippen molar-refractivity contribution in [1.29, 1.82) is 0 Å². The lowest BCUT2D eigenvalue weighted by atomic mass is 9.86. The van der Waals surface area contributed by atoms with E-state index in [1.807, 2.05) is 13.0 Å². The van der Waals surface area contributed by atoms with Gasteiger partial charge in [0.25, 0.3) is 0 Å². The number of aryl methyl sites for hydroxylation is 1. The predicted octanol–water partition coefficient (Wildman–Crippen LogP) is 7.74. The van der Waals surface area contributed by atoms with E-state index in [0.29, 0.717) is 13.2 Å². The SMILES string of the molecule is CCOC1c2cc(NCc3ccc(C)cc3)ccc2OC(C)(C)C1OCc1ccc(C(C)(C)C)cc1. The van der Waals surface area contributed by atoms with Gasteiger partial charge in [0.05, 0.1) is 6.61 Å². The van der Waals surface area contributed by atoms with Crippen LogP contribution in [-0.2, 0) is 28.0 Å². The molecule has 0 aromatic heterocycles. The van der Waals surface area contributed by atoms with E-state index >= 15 is 0 Å². The Morgan fingerprint density at radius 3 is 2.19 bits per heavy atom. The predicted molar refractivity (Wildman–Crippen MR) is 148 cm³/mol. The number of hydrogen-bond acceptors (Lipinski definition) is 4. The summed E-state index contributed by atoms with van der Waals surface area (Å²) in [6, 6.07) is 23.6. The van der Waals surface area contributed by atoms with Gasteiger partial charge in [-0.1, -0.05) is 74.9 Å². The lowest BCUT2D eigenvalue weighted by Gasteiger charge is -2.44. The highest BCUT2D eigenvalue weighted by atomic mass is 16.6. The molecule has 3 aromatic rings. The third-order valence-corrected chi connectivity index (χ3v) is 6.86. The second-order valence-electron chi connectivity index (χ2n) is 11.4. The molecule has 4 rings (SSSR count). The Labute approximate surface area is 217 Å². The number of hydrogen-bond donors (Lipinski definition) is 1. The molecule has 36 heavy (non-hydrogen) atoms. The molecule has 2 unspecified atom stereocenters. The largest absolute Gasteiger partial charge is 0.485 e. The van der Waals surface area contributed by atoms with Gasteiger partial charge in [0.15, 0.2) is 0 Å². The van der Waals surface area contributed by atoms with Crippen LogP contribution in [-0.4, -0.2) is 18.3 Å². The lowest BCUT2D eigenvalue weighted by molar-refractivity contribution is -0.165. The van der Waals surface area contributed by atoms with Gasteiger partial charge >= 0.3 is 0 Å². The first kappa shape index (κ1) is 26.2. The van der Waals surface area contributed by atoms with Gasteiger partial charge in [-0.25, -0.2) is 0 Å². The van der Waals surface area contributed by atoms with Crippen molar-refractivity contribution in [3.05, 3.63) is 94.5 Å². The molecule has 0 saturated heterocycles. The molecule has 0 saturated carbocycles. The van der Waals surface area contributed by atoms with Gasteiger partial charge in [-0.05, 0) is 68.0 Å². The minimum absolute atomic E-state index is 0.132. The van der Waals surface area contributed by atoms with Crippen molar-refractivity contribution in [2.75, 3.05) is 11.9 Å². The number of anilines is 1. The maximum atomic E-state index is 6.54. The van der Waals surface area contributed by atoms with Crippen LogP contribution in [0.5, 0.6) is 5.75 Å². The molecule has 1 aliphatic rings. The molecule has 4 heteroatoms. The summed E-state index contributed by atoms with van der Waals surface area (Å²) in [6.07, 6.45) is -0.469. The number of benzene rings is 3. The van der Waals surface area contributed by atoms with E-state index in [1.165, 1.54) is 16.7 Å². The zero-order valence-corrected chi connectivity index (χ0v) is 22.9. The second kappa shape index (κ2) is 10.7. The van der Waals surface area contributed by atoms with Crippen LogP contribution in [0, 0.1) is 6.92 Å². The summed E-state index contributed by atoms with van der Waals surface area (Å²) in [5, 5.41) is 3.55. The van der Waals surface area contributed by atoms with E-state index in [4.69, 9.17) is 14.2 Å². The number of nitrogens with one attached hydrogen (secondary N) is 1. The van der Waals surface area contributed by atoms with Crippen molar-refractivity contribution in [3.63, 3.8) is 0 Å². The molecule has 1 N–H and O–H groups in total. The van der Waals surface area contributed by atoms with Crippen molar-refractivity contribution in [1.82, 2.24) is 0 Å². The summed E-state index contributed by atoms with van der Waals surface area (Å²) >= 11 is 0. The molecule has 0 radical (unpaired) electrons. The smallest absolute Gasteiger partial charge is 0.132 e. The first-order valence-corrected chi connectivity index (χ1v) is 13.0. The Bertz CT molecular complexity index is 1140. The highest BCUT2D eigenvalue weighted by molar-refractivity contribution is 5.54. The van der Waals surface area contributed by atoms with Gasteiger partial charge in [-0.15, -0.1) is 0 Å². The first-order chi connectivity index (χ1) is 17.1. The Balaban J connectivity index is 1.52. The summed E-state index contributed by atoms with van der Waals surface area (Å²) in [6.45, 7) is 16.9. The Kier molecular flexibility index (Phi) is 7.77. The number of ether oxygens (including phenoxy) is 3. The average Bonchev–Trinajstić information content (AvgIpc) is 2.83. The zero-order chi connectivity index (χ0) is 25.9. The van der Waals surface area contributed by atoms with Crippen molar-refractivity contribution in [2.45, 2.75) is 84.8 Å². The van der Waals surface area contributed by atoms with E-state index < -0.39 is 5.60 Å². The summed E-state index contributed by atoms with van der Waals surface area (Å²) in [5.41, 5.74) is 6.64. The third kappa shape index (κ3) is 6.11. The second-order valence-corrected chi connectivity index (χ2v) is 11.4. The van der Waals surface area contributed by atoms with Crippen LogP contribution in [0.25, 0.3) is 0 Å². The van der Waals surface area contributed by atoms with Crippen LogP contribution in [0.1, 0.15) is 75.5 Å². The first-order valence-electron chi connectivity index (χ1n) is 13.0. The van der Waals surface area contributed by atoms with Crippen LogP contribution in [0.4, 0.5) is 5.69 Å². The molecule has 0 bridgehead atoms. The molecule has 0 spiro atoms. The summed E-state index contributed by atoms with van der Waals surface area (Å²) in [4.78, 5) is 0. The maximum absolute atomic E-state index is 6.54. The van der Waals surface area contributed by atoms with Gasteiger partial charge in [0, 0.05) is 24.4 Å². The fraction of sp³-hybridized carbons (Fsp3) is 0.438. The van der Waals surface area contributed by atoms with E-state index in [1.54, 1.807) is 0 Å². The van der Waals surface area contributed by atoms with Gasteiger partial charge in [0.2, 0.25) is 0 Å². The molecule has 0 amide bonds. The summed E-state index contributed by atoms with van der Waals surface area (Å²) in [7, 11) is 0. The Hall–Kier alpha value is -2.82. The molecule has 1 aliphatic heterocycles. The molecular formula is C32H41NO3. The lowest BCUT2D eigenvalue weighted by Crippen LogP contribution is -2.51. The van der Waals surface area contributed by atoms with Crippen LogP contribution >= 0.6 is 0 Å². The Morgan fingerprint density at radius 1 is 0.889 bits per heavy atom. The van der Waals surface area contributed by atoms with Crippen molar-refractivity contribution < 1.29 is 14.2 Å². The number of fused-ring (bicyclic) bond motifs is 1. The minimum atomic E-state index is -0.533. The molecular weight excluding hydrogens is 446 g/mol. The van der Waals surface area contributed by atoms with Crippen LogP contribution in [0.15, 0.2) is 66.7 Å². The van der Waals surface area contributed by atoms with Crippen molar-refractivity contribution >= 4 is 5.69 Å². The standard InChI is InChI=1S/C32H41NO3/c1-8-34-29-27-19-26(33-20-23-11-9-22(2)10-12-23)17-18-28(27)36-32(6,7)30(29)35-21-24-13-15-25(16-14-24)31(3,4)5/h9-19,29-30,33H,8,20-21H2,1-7H3. The van der Waals surface area contributed by atoms with Gasteiger partial charge in [0.1, 0.15) is 23.6 Å². The fourth-order valence-corrected chi connectivity index (χ4v) is 4.68. The topological polar surface area (TPSA) is 39.7 Å². The molecule has 3 aromatic carbocycles. The highest BCUT2D eigenvalue weighted by Crippen LogP contribution is 2.44. The third-order valence-electron chi connectivity index (χ3n) is 6.86. The summed E-state index contributed by atoms with van der Waals surface area (Å²) in [5.74, 6) is 0.855. The molecule has 2 atom stereocenters. The molecule has 0 fully saturated rings. The number of rotatable bonds is 8. The van der Waals surface area contributed by atoms with E-state index in [2.05, 4.69) is 108 Å². The van der Waals surface area contributed by atoms with E-state index in [-0.39, 0.29) is 17.6 Å². The minimum Gasteiger partial charge on any atom is -0.485 e. The highest BCUT2D eigenvalue weighted by Gasteiger charge is 2.45. The van der Waals surface area contributed by atoms with Crippen LogP contribution in [0.3, 0.4) is 0 Å². The van der Waals surface area contributed by atoms with Gasteiger partial charge < -0.3 is 19.5 Å². The maximum Gasteiger partial charge on any atom is 0.132 e. The molecule has 1 heterocycles. The van der Waals surface area contributed by atoms with Crippen LogP contribution < -0.4 is 10.1 Å². The average molecular weight is 488 g/mol. The summed E-state index contributed by atoms with van der Waals surface area (Å²) < 4.78 is 19.3. The Morgan fingerprint density at radius 2 is 1.56 bits per heavy atom. The fourth-order valence-electron chi connectivity index (χ4n) is 4.68. The molecule has 0 aliphatic carbocycles. The molecule has 4 nitrogen and oxygen atoms in total. The van der Waals surface area contributed by atoms with E-state index in [0.717, 1.165) is 29.1 Å². The normalized spacial score (nSPS) is 18.9. The van der Waals surface area contributed by atoms with Gasteiger partial charge in [-0.2, -0.15) is 0 Å². The quantitative estimate of drug-likeness (QED) is 0.353. The monoisotopic (exact) mass is 487 g/mol.